The van der Waals surface area contributed by atoms with Gasteiger partial charge in [0.2, 0.25) is 0 Å². The van der Waals surface area contributed by atoms with E-state index < -0.39 is 18.5 Å². The molecule has 0 unspecified atom stereocenters. The van der Waals surface area contributed by atoms with E-state index in [1.807, 2.05) is 12.1 Å². The fourth-order valence-corrected chi connectivity index (χ4v) is 2.77. The largest absolute Gasteiger partial charge is 0.493 e. The molecular formula is C24H28N2O5. The van der Waals surface area contributed by atoms with Crippen LogP contribution in [0.3, 0.4) is 0 Å². The third-order valence-corrected chi connectivity index (χ3v) is 4.49. The highest BCUT2D eigenvalue weighted by molar-refractivity contribution is 5.97. The van der Waals surface area contributed by atoms with Crippen LogP contribution in [0.15, 0.2) is 48.5 Å². The van der Waals surface area contributed by atoms with Gasteiger partial charge in [-0.15, -0.1) is 0 Å². The second-order valence-corrected chi connectivity index (χ2v) is 7.26. The molecule has 0 aliphatic rings. The van der Waals surface area contributed by atoms with Crippen molar-refractivity contribution in [1.82, 2.24) is 0 Å². The summed E-state index contributed by atoms with van der Waals surface area (Å²) in [6.07, 6.45) is 1.07. The van der Waals surface area contributed by atoms with Crippen LogP contribution in [0.25, 0.3) is 0 Å². The molecule has 0 saturated heterocycles. The Morgan fingerprint density at radius 2 is 1.84 bits per heavy atom. The second-order valence-electron chi connectivity index (χ2n) is 7.26. The maximum atomic E-state index is 12.6. The van der Waals surface area contributed by atoms with Crippen molar-refractivity contribution in [2.75, 3.05) is 31.8 Å². The molecule has 0 fully saturated rings. The fraction of sp³-hybridized carbons (Fsp3) is 0.375. The van der Waals surface area contributed by atoms with Gasteiger partial charge in [-0.2, -0.15) is 5.26 Å². The van der Waals surface area contributed by atoms with Gasteiger partial charge >= 0.3 is 5.97 Å². The van der Waals surface area contributed by atoms with Crippen LogP contribution in [0.4, 0.5) is 5.69 Å². The number of amides is 1. The van der Waals surface area contributed by atoms with Crippen LogP contribution in [0.1, 0.15) is 37.0 Å². The molecule has 0 atom stereocenters. The van der Waals surface area contributed by atoms with Gasteiger partial charge in [0.1, 0.15) is 0 Å². The van der Waals surface area contributed by atoms with Gasteiger partial charge in [-0.25, -0.2) is 4.79 Å². The van der Waals surface area contributed by atoms with Crippen LogP contribution in [-0.4, -0.2) is 38.7 Å². The number of rotatable bonds is 11. The summed E-state index contributed by atoms with van der Waals surface area (Å²) < 4.78 is 16.3. The fourth-order valence-electron chi connectivity index (χ4n) is 2.77. The number of anilines is 1. The Morgan fingerprint density at radius 3 is 2.48 bits per heavy atom. The molecular weight excluding hydrogens is 396 g/mol. The molecule has 0 aliphatic carbocycles. The van der Waals surface area contributed by atoms with Crippen LogP contribution >= 0.6 is 0 Å². The van der Waals surface area contributed by atoms with Gasteiger partial charge in [-0.05, 0) is 42.7 Å². The van der Waals surface area contributed by atoms with Crippen molar-refractivity contribution in [2.45, 2.75) is 26.7 Å². The Hall–Kier alpha value is -3.53. The highest BCUT2D eigenvalue weighted by Gasteiger charge is 2.19. The SMILES string of the molecule is COc1cc(C(=O)OCC(=O)N(CCC#N)c2ccccc2)ccc1OCCC(C)C. The Kier molecular flexibility index (Phi) is 9.37. The highest BCUT2D eigenvalue weighted by atomic mass is 16.5. The summed E-state index contributed by atoms with van der Waals surface area (Å²) in [6.45, 7) is 4.55. The van der Waals surface area contributed by atoms with Crippen molar-refractivity contribution in [2.24, 2.45) is 5.92 Å². The number of benzene rings is 2. The van der Waals surface area contributed by atoms with Crippen LogP contribution < -0.4 is 14.4 Å². The normalized spacial score (nSPS) is 10.3. The number of ether oxygens (including phenoxy) is 3. The van der Waals surface area contributed by atoms with E-state index in [4.69, 9.17) is 19.5 Å². The van der Waals surface area contributed by atoms with E-state index in [2.05, 4.69) is 13.8 Å². The molecule has 0 aliphatic heterocycles. The summed E-state index contributed by atoms with van der Waals surface area (Å²) in [7, 11) is 1.50. The average molecular weight is 424 g/mol. The molecule has 0 bridgehead atoms. The second kappa shape index (κ2) is 12.2. The van der Waals surface area contributed by atoms with E-state index in [1.165, 1.54) is 18.1 Å². The summed E-state index contributed by atoms with van der Waals surface area (Å²) in [5.41, 5.74) is 0.896. The summed E-state index contributed by atoms with van der Waals surface area (Å²) >= 11 is 0. The number of para-hydroxylation sites is 1. The minimum absolute atomic E-state index is 0.171. The molecule has 0 spiro atoms. The number of esters is 1. The van der Waals surface area contributed by atoms with Gasteiger partial charge in [-0.3, -0.25) is 4.79 Å². The minimum Gasteiger partial charge on any atom is -0.493 e. The maximum Gasteiger partial charge on any atom is 0.338 e. The molecule has 31 heavy (non-hydrogen) atoms. The third-order valence-electron chi connectivity index (χ3n) is 4.49. The van der Waals surface area contributed by atoms with Gasteiger partial charge in [0, 0.05) is 12.2 Å². The highest BCUT2D eigenvalue weighted by Crippen LogP contribution is 2.28. The Balaban J connectivity index is 2.01. The Bertz CT molecular complexity index is 906. The molecule has 0 radical (unpaired) electrons. The monoisotopic (exact) mass is 424 g/mol. The summed E-state index contributed by atoms with van der Waals surface area (Å²) in [6, 6.07) is 15.7. The molecule has 0 aromatic heterocycles. The minimum atomic E-state index is -0.645. The van der Waals surface area contributed by atoms with Crippen molar-refractivity contribution in [3.05, 3.63) is 54.1 Å². The van der Waals surface area contributed by atoms with Crippen LogP contribution in [0.5, 0.6) is 11.5 Å². The lowest BCUT2D eigenvalue weighted by molar-refractivity contribution is -0.121. The Morgan fingerprint density at radius 1 is 1.10 bits per heavy atom. The zero-order chi connectivity index (χ0) is 22.6. The first-order valence-corrected chi connectivity index (χ1v) is 10.2. The first-order valence-electron chi connectivity index (χ1n) is 10.2. The lowest BCUT2D eigenvalue weighted by atomic mass is 10.1. The number of carbonyl (C=O) groups excluding carboxylic acids is 2. The van der Waals surface area contributed by atoms with Gasteiger partial charge < -0.3 is 19.1 Å². The molecule has 0 N–H and O–H groups in total. The Labute approximate surface area is 183 Å². The molecule has 1 amide bonds. The zero-order valence-corrected chi connectivity index (χ0v) is 18.2. The number of carbonyl (C=O) groups is 2. The molecule has 7 nitrogen and oxygen atoms in total. The summed E-state index contributed by atoms with van der Waals surface area (Å²) in [5.74, 6) is 0.428. The van der Waals surface area contributed by atoms with Gasteiger partial charge in [0.05, 0.1) is 31.8 Å². The standard InChI is InChI=1S/C24H28N2O5/c1-18(2)12-15-30-21-11-10-19(16-22(21)29-3)24(28)31-17-23(27)26(14-7-13-25)20-8-5-4-6-9-20/h4-6,8-11,16,18H,7,12,14-15,17H2,1-3H3. The van der Waals surface area contributed by atoms with Crippen LogP contribution in [-0.2, 0) is 9.53 Å². The number of hydrogen-bond acceptors (Lipinski definition) is 6. The first kappa shape index (κ1) is 23.7. The number of nitrogens with zero attached hydrogens (tertiary/aromatic N) is 2. The summed E-state index contributed by atoms with van der Waals surface area (Å²) in [4.78, 5) is 26.5. The van der Waals surface area contributed by atoms with Crippen molar-refractivity contribution < 1.29 is 23.8 Å². The smallest absolute Gasteiger partial charge is 0.338 e. The lowest BCUT2D eigenvalue weighted by Gasteiger charge is -2.21. The van der Waals surface area contributed by atoms with Gasteiger partial charge in [0.25, 0.3) is 5.91 Å². The molecule has 2 aromatic carbocycles. The van der Waals surface area contributed by atoms with Gasteiger partial charge in [0.15, 0.2) is 18.1 Å². The molecule has 164 valence electrons. The van der Waals surface area contributed by atoms with Gasteiger partial charge in [-0.1, -0.05) is 32.0 Å². The van der Waals surface area contributed by atoms with Crippen LogP contribution in [0, 0.1) is 17.2 Å². The first-order chi connectivity index (χ1) is 15.0. The van der Waals surface area contributed by atoms with E-state index in [0.29, 0.717) is 29.7 Å². The van der Waals surface area contributed by atoms with E-state index >= 15 is 0 Å². The van der Waals surface area contributed by atoms with E-state index in [-0.39, 0.29) is 18.5 Å². The topological polar surface area (TPSA) is 88.9 Å². The predicted octanol–water partition coefficient (Wildman–Crippen LogP) is 4.22. The maximum absolute atomic E-state index is 12.6. The quantitative estimate of drug-likeness (QED) is 0.502. The van der Waals surface area contributed by atoms with Crippen molar-refractivity contribution >= 4 is 17.6 Å². The van der Waals surface area contributed by atoms with Crippen LogP contribution in [0.2, 0.25) is 0 Å². The van der Waals surface area contributed by atoms with Crippen molar-refractivity contribution in [3.8, 4) is 17.6 Å². The van der Waals surface area contributed by atoms with E-state index in [9.17, 15) is 9.59 Å². The van der Waals surface area contributed by atoms with E-state index in [0.717, 1.165) is 6.42 Å². The molecule has 0 heterocycles. The number of nitriles is 1. The number of hydrogen-bond donors (Lipinski definition) is 0. The van der Waals surface area contributed by atoms with Crippen molar-refractivity contribution in [1.29, 1.82) is 5.26 Å². The van der Waals surface area contributed by atoms with Crippen molar-refractivity contribution in [3.63, 3.8) is 0 Å². The molecule has 2 aromatic rings. The average Bonchev–Trinajstić information content (AvgIpc) is 2.78. The molecule has 0 saturated carbocycles. The lowest BCUT2D eigenvalue weighted by Crippen LogP contribution is -2.35. The third kappa shape index (κ3) is 7.34. The summed E-state index contributed by atoms with van der Waals surface area (Å²) in [5, 5.41) is 8.87. The molecule has 7 heteroatoms. The predicted molar refractivity (Wildman–Crippen MR) is 117 cm³/mol. The zero-order valence-electron chi connectivity index (χ0n) is 18.2. The van der Waals surface area contributed by atoms with E-state index in [1.54, 1.807) is 36.4 Å². The number of methoxy groups -OCH3 is 1. The molecule has 2 rings (SSSR count).